The van der Waals surface area contributed by atoms with Crippen LogP contribution in [-0.2, 0) is 11.3 Å². The number of ketones is 1. The second-order valence-electron chi connectivity index (χ2n) is 8.04. The first-order valence-corrected chi connectivity index (χ1v) is 10.4. The van der Waals surface area contributed by atoms with Gasteiger partial charge in [0.2, 0.25) is 0 Å². The molecule has 0 radical (unpaired) electrons. The first-order valence-electron chi connectivity index (χ1n) is 10.4. The highest BCUT2D eigenvalue weighted by Gasteiger charge is 2.45. The first-order chi connectivity index (χ1) is 13.7. The van der Waals surface area contributed by atoms with Crippen LogP contribution in [0.15, 0.2) is 54.6 Å². The lowest BCUT2D eigenvalue weighted by atomic mass is 9.87. The average molecular weight is 379 g/mol. The Balaban J connectivity index is 1.60. The topological polar surface area (TPSA) is 32.8 Å². The highest BCUT2D eigenvalue weighted by Crippen LogP contribution is 2.37. The predicted octanol–water partition coefficient (Wildman–Crippen LogP) is 3.72. The standard InChI is InChI=1S/C24H30N2O2/c1-3-13-25-17-23-24(27)14-21(19-7-5-4-6-8-19)22(25)16-26(23)15-18-9-11-20(28-2)12-10-18/h4-12,21-23H,3,13-17H2,1-2H3/t21-,22?,23?/m1/s1. The molecule has 0 N–H and O–H groups in total. The van der Waals surface area contributed by atoms with Crippen LogP contribution in [0.1, 0.15) is 36.8 Å². The minimum absolute atomic E-state index is 0.00128. The Morgan fingerprint density at radius 1 is 1.00 bits per heavy atom. The second kappa shape index (κ2) is 8.46. The zero-order valence-electron chi connectivity index (χ0n) is 16.9. The second-order valence-corrected chi connectivity index (χ2v) is 8.04. The van der Waals surface area contributed by atoms with Gasteiger partial charge in [0, 0.05) is 38.0 Å². The fraction of sp³-hybridized carbons (Fsp3) is 0.458. The number of carbonyl (C=O) groups excluding carboxylic acids is 1. The summed E-state index contributed by atoms with van der Waals surface area (Å²) in [6, 6.07) is 19.2. The normalized spacial score (nSPS) is 25.6. The van der Waals surface area contributed by atoms with Crippen molar-refractivity contribution < 1.29 is 9.53 Å². The van der Waals surface area contributed by atoms with Gasteiger partial charge in [0.15, 0.2) is 5.78 Å². The molecule has 2 aromatic carbocycles. The Hall–Kier alpha value is -2.17. The molecule has 0 saturated carbocycles. The monoisotopic (exact) mass is 378 g/mol. The number of nitrogens with zero attached hydrogens (tertiary/aromatic N) is 2. The fourth-order valence-electron chi connectivity index (χ4n) is 4.86. The SMILES string of the molecule is CCCN1CC2C(=O)C[C@H](c3ccccc3)C1CN2Cc1ccc(OC)cc1. The average Bonchev–Trinajstić information content (AvgIpc) is 2.95. The van der Waals surface area contributed by atoms with Crippen LogP contribution >= 0.6 is 0 Å². The first kappa shape index (κ1) is 19.2. The number of rotatable bonds is 6. The summed E-state index contributed by atoms with van der Waals surface area (Å²) in [4.78, 5) is 18.2. The maximum atomic E-state index is 13.2. The number of Topliss-reactive ketones (excluding diaryl/α,β-unsaturated/α-hetero) is 1. The van der Waals surface area contributed by atoms with Crippen molar-refractivity contribution in [3.8, 4) is 5.75 Å². The quantitative estimate of drug-likeness (QED) is 0.767. The van der Waals surface area contributed by atoms with Gasteiger partial charge in [0.1, 0.15) is 5.75 Å². The summed E-state index contributed by atoms with van der Waals surface area (Å²) in [6.07, 6.45) is 1.77. The Bertz CT molecular complexity index is 790. The van der Waals surface area contributed by atoms with Crippen LogP contribution in [0.25, 0.3) is 0 Å². The van der Waals surface area contributed by atoms with Crippen LogP contribution in [0, 0.1) is 0 Å². The molecule has 0 amide bonds. The van der Waals surface area contributed by atoms with Gasteiger partial charge >= 0.3 is 0 Å². The fourth-order valence-corrected chi connectivity index (χ4v) is 4.86. The van der Waals surface area contributed by atoms with Gasteiger partial charge in [-0.2, -0.15) is 0 Å². The van der Waals surface area contributed by atoms with E-state index in [-0.39, 0.29) is 12.0 Å². The van der Waals surface area contributed by atoms with E-state index in [9.17, 15) is 4.79 Å². The third-order valence-electron chi connectivity index (χ3n) is 6.28. The number of benzene rings is 2. The van der Waals surface area contributed by atoms with Crippen molar-refractivity contribution in [3.05, 3.63) is 65.7 Å². The zero-order valence-corrected chi connectivity index (χ0v) is 16.9. The van der Waals surface area contributed by atoms with Gasteiger partial charge < -0.3 is 4.74 Å². The van der Waals surface area contributed by atoms with Crippen molar-refractivity contribution >= 4 is 5.78 Å². The van der Waals surface area contributed by atoms with Crippen molar-refractivity contribution in [2.45, 2.75) is 44.3 Å². The molecule has 0 aromatic heterocycles. The van der Waals surface area contributed by atoms with Crippen LogP contribution in [0.2, 0.25) is 0 Å². The van der Waals surface area contributed by atoms with Crippen molar-refractivity contribution in [2.24, 2.45) is 0 Å². The molecule has 2 bridgehead atoms. The Labute approximate surface area is 168 Å². The molecule has 2 aromatic rings. The number of fused-ring (bicyclic) bond motifs is 4. The third kappa shape index (κ3) is 3.85. The summed E-state index contributed by atoms with van der Waals surface area (Å²) in [5.74, 6) is 1.55. The summed E-state index contributed by atoms with van der Waals surface area (Å²) in [5.41, 5.74) is 2.54. The maximum Gasteiger partial charge on any atom is 0.151 e. The molecule has 3 atom stereocenters. The molecule has 28 heavy (non-hydrogen) atoms. The van der Waals surface area contributed by atoms with E-state index in [1.165, 1.54) is 11.1 Å². The highest BCUT2D eigenvalue weighted by molar-refractivity contribution is 5.86. The molecular weight excluding hydrogens is 348 g/mol. The van der Waals surface area contributed by atoms with Crippen LogP contribution in [0.4, 0.5) is 0 Å². The lowest BCUT2D eigenvalue weighted by Gasteiger charge is -2.45. The molecule has 3 aliphatic heterocycles. The van der Waals surface area contributed by atoms with E-state index in [1.54, 1.807) is 7.11 Å². The van der Waals surface area contributed by atoms with Crippen molar-refractivity contribution in [1.82, 2.24) is 9.80 Å². The minimum Gasteiger partial charge on any atom is -0.497 e. The molecule has 0 aliphatic carbocycles. The molecule has 4 nitrogen and oxygen atoms in total. The van der Waals surface area contributed by atoms with Crippen LogP contribution in [-0.4, -0.2) is 54.4 Å². The molecule has 2 unspecified atom stereocenters. The van der Waals surface area contributed by atoms with Gasteiger partial charge in [-0.3, -0.25) is 14.6 Å². The van der Waals surface area contributed by atoms with E-state index in [0.717, 1.165) is 38.3 Å². The molecule has 5 rings (SSSR count). The number of piperazine rings is 1. The summed E-state index contributed by atoms with van der Waals surface area (Å²) in [5, 5.41) is 0. The lowest BCUT2D eigenvalue weighted by Crippen LogP contribution is -2.58. The summed E-state index contributed by atoms with van der Waals surface area (Å²) in [7, 11) is 1.69. The Kier molecular flexibility index (Phi) is 5.79. The zero-order chi connectivity index (χ0) is 19.5. The van der Waals surface area contributed by atoms with Crippen LogP contribution in [0.3, 0.4) is 0 Å². The lowest BCUT2D eigenvalue weighted by molar-refractivity contribution is -0.125. The summed E-state index contributed by atoms with van der Waals surface area (Å²) < 4.78 is 5.28. The van der Waals surface area contributed by atoms with E-state index >= 15 is 0 Å². The Morgan fingerprint density at radius 2 is 1.75 bits per heavy atom. The van der Waals surface area contributed by atoms with E-state index in [4.69, 9.17) is 4.74 Å². The van der Waals surface area contributed by atoms with Gasteiger partial charge in [0.25, 0.3) is 0 Å². The third-order valence-corrected chi connectivity index (χ3v) is 6.28. The summed E-state index contributed by atoms with van der Waals surface area (Å²) in [6.45, 7) is 5.92. The number of methoxy groups -OCH3 is 1. The number of carbonyl (C=O) groups is 1. The van der Waals surface area contributed by atoms with Gasteiger partial charge in [0.05, 0.1) is 13.2 Å². The molecule has 0 spiro atoms. The number of hydrogen-bond acceptors (Lipinski definition) is 4. The molecular formula is C24H30N2O2. The van der Waals surface area contributed by atoms with Crippen molar-refractivity contribution in [3.63, 3.8) is 0 Å². The number of ether oxygens (including phenoxy) is 1. The highest BCUT2D eigenvalue weighted by atomic mass is 16.5. The van der Waals surface area contributed by atoms with Crippen LogP contribution in [0.5, 0.6) is 5.75 Å². The van der Waals surface area contributed by atoms with E-state index < -0.39 is 0 Å². The van der Waals surface area contributed by atoms with Crippen LogP contribution < -0.4 is 4.74 Å². The van der Waals surface area contributed by atoms with E-state index in [0.29, 0.717) is 18.2 Å². The van der Waals surface area contributed by atoms with Crippen molar-refractivity contribution in [2.75, 3.05) is 26.7 Å². The van der Waals surface area contributed by atoms with E-state index in [2.05, 4.69) is 59.2 Å². The molecule has 3 aliphatic rings. The molecule has 148 valence electrons. The van der Waals surface area contributed by atoms with E-state index in [1.807, 2.05) is 12.1 Å². The summed E-state index contributed by atoms with van der Waals surface area (Å²) >= 11 is 0. The molecule has 4 heteroatoms. The smallest absolute Gasteiger partial charge is 0.151 e. The van der Waals surface area contributed by atoms with Crippen molar-refractivity contribution in [1.29, 1.82) is 0 Å². The maximum absolute atomic E-state index is 13.2. The largest absolute Gasteiger partial charge is 0.497 e. The van der Waals surface area contributed by atoms with Gasteiger partial charge in [-0.1, -0.05) is 49.4 Å². The van der Waals surface area contributed by atoms with Gasteiger partial charge in [-0.25, -0.2) is 0 Å². The van der Waals surface area contributed by atoms with Gasteiger partial charge in [-0.15, -0.1) is 0 Å². The van der Waals surface area contributed by atoms with Gasteiger partial charge in [-0.05, 0) is 36.2 Å². The molecule has 3 heterocycles. The molecule has 3 saturated heterocycles. The number of hydrogen-bond donors (Lipinski definition) is 0. The Morgan fingerprint density at radius 3 is 2.43 bits per heavy atom. The predicted molar refractivity (Wildman–Crippen MR) is 112 cm³/mol. The molecule has 3 fully saturated rings. The minimum atomic E-state index is -0.00128.